The molecule has 3 aromatic carbocycles. The average Bonchev–Trinajstić information content (AvgIpc) is 3.14. The molecule has 2 aliphatic rings. The van der Waals surface area contributed by atoms with E-state index in [0.29, 0.717) is 22.2 Å². The summed E-state index contributed by atoms with van der Waals surface area (Å²) in [5.74, 6) is 0.871. The maximum Gasteiger partial charge on any atom is 0.164 e. The minimum atomic E-state index is -0.337. The summed E-state index contributed by atoms with van der Waals surface area (Å²) in [6.45, 7) is 33.6. The van der Waals surface area contributed by atoms with Gasteiger partial charge in [0.05, 0.1) is 5.52 Å². The number of carbonyl (C=O) groups excluding carboxylic acids is 1. The van der Waals surface area contributed by atoms with Crippen LogP contribution in [0.2, 0.25) is 0 Å². The molecule has 1 N–H and O–H groups in total. The predicted octanol–water partition coefficient (Wildman–Crippen LogP) is 16.3. The third-order valence-corrected chi connectivity index (χ3v) is 14.9. The molecule has 0 atom stereocenters. The maximum absolute atomic E-state index is 12.2. The van der Waals surface area contributed by atoms with Gasteiger partial charge in [0.25, 0.3) is 0 Å². The molecule has 0 amide bonds. The van der Waals surface area contributed by atoms with Gasteiger partial charge in [0.2, 0.25) is 0 Å². The first kappa shape index (κ1) is 48.9. The van der Waals surface area contributed by atoms with Gasteiger partial charge >= 0.3 is 0 Å². The number of aliphatic hydroxyl groups is 1. The Hall–Kier alpha value is -2.81. The van der Waals surface area contributed by atoms with Gasteiger partial charge in [-0.15, -0.1) is 29.1 Å². The molecule has 59 heavy (non-hydrogen) atoms. The molecule has 1 heterocycles. The van der Waals surface area contributed by atoms with Crippen LogP contribution in [0.5, 0.6) is 0 Å². The molecule has 0 aliphatic heterocycles. The third-order valence-electron chi connectivity index (χ3n) is 14.9. The summed E-state index contributed by atoms with van der Waals surface area (Å²) in [4.78, 5) is 17.5. The molecule has 0 bridgehead atoms. The van der Waals surface area contributed by atoms with E-state index in [2.05, 4.69) is 117 Å². The van der Waals surface area contributed by atoms with Crippen LogP contribution in [0, 0.1) is 47.0 Å². The van der Waals surface area contributed by atoms with E-state index in [1.165, 1.54) is 89.4 Å². The summed E-state index contributed by atoms with van der Waals surface area (Å²) in [5.41, 5.74) is 9.72. The Morgan fingerprint density at radius 1 is 0.814 bits per heavy atom. The monoisotopic (exact) mass is 978 g/mol. The average molecular weight is 977 g/mol. The number of hydrogen-bond acceptors (Lipinski definition) is 3. The molecule has 4 heteroatoms. The molecule has 4 aromatic rings. The van der Waals surface area contributed by atoms with Gasteiger partial charge in [-0.25, -0.2) is 0 Å². The Labute approximate surface area is 373 Å². The minimum absolute atomic E-state index is 0. The Bertz CT molecular complexity index is 2110. The minimum Gasteiger partial charge on any atom is -0.512 e. The molecule has 1 spiro atoms. The van der Waals surface area contributed by atoms with Gasteiger partial charge in [-0.05, 0) is 135 Å². The smallest absolute Gasteiger partial charge is 0.164 e. The fourth-order valence-corrected chi connectivity index (χ4v) is 11.3. The second-order valence-corrected chi connectivity index (χ2v) is 22.0. The number of aromatic nitrogens is 1. The van der Waals surface area contributed by atoms with Crippen LogP contribution in [0.3, 0.4) is 0 Å². The first-order valence-corrected chi connectivity index (χ1v) is 22.8. The van der Waals surface area contributed by atoms with Gasteiger partial charge in [-0.3, -0.25) is 9.78 Å². The van der Waals surface area contributed by atoms with Crippen molar-refractivity contribution in [3.8, 4) is 11.3 Å². The Balaban J connectivity index is 0.000000364. The van der Waals surface area contributed by atoms with Crippen LogP contribution in [-0.4, -0.2) is 15.9 Å². The van der Waals surface area contributed by atoms with E-state index in [0.717, 1.165) is 42.5 Å². The molecule has 2 aliphatic carbocycles. The molecule has 2 fully saturated rings. The van der Waals surface area contributed by atoms with Gasteiger partial charge < -0.3 is 5.11 Å². The Morgan fingerprint density at radius 3 is 1.92 bits per heavy atom. The molecule has 0 saturated heterocycles. The summed E-state index contributed by atoms with van der Waals surface area (Å²) in [7, 11) is 0. The first-order chi connectivity index (χ1) is 26.9. The van der Waals surface area contributed by atoms with Crippen LogP contribution in [0.25, 0.3) is 32.9 Å². The van der Waals surface area contributed by atoms with Crippen LogP contribution in [0.1, 0.15) is 189 Å². The number of allylic oxidation sites excluding steroid dienone is 2. The van der Waals surface area contributed by atoms with Gasteiger partial charge in [-0.1, -0.05) is 131 Å². The summed E-state index contributed by atoms with van der Waals surface area (Å²) < 4.78 is 0. The zero-order chi connectivity index (χ0) is 43.1. The van der Waals surface area contributed by atoms with Crippen molar-refractivity contribution in [3.63, 3.8) is 0 Å². The van der Waals surface area contributed by atoms with Crippen LogP contribution >= 0.6 is 0 Å². The molecular weight excluding hydrogens is 899 g/mol. The van der Waals surface area contributed by atoms with E-state index in [1.54, 1.807) is 0 Å². The molecule has 1 aromatic heterocycles. The number of nitrogens with zero attached hydrogens (tertiary/aromatic N) is 1. The molecule has 2 saturated carbocycles. The van der Waals surface area contributed by atoms with Crippen molar-refractivity contribution in [2.75, 3.05) is 0 Å². The standard InChI is InChI=1S/C40H50N.C15H28O2.Ir/c1-26-18-27(2)36-32(28-14-16-40(17-15-28)24-38(6,7)23-39(8,9)25-40)22-34(41-35(36)19-26)30-20-29-12-10-11-13-31(29)33(21-30)37(3,4)5;1-7-14(5,8-2)12(16)11-13(17)15(6,9-3)10-4;/h10-13,18-19,21-22,28H,14-17,23-25H2,1-9H3;11,16H,7-10H2,1-6H3;/q-1;;/b;12-11-;. The normalized spacial score (nSPS) is 18.3. The number of pyridine rings is 1. The number of ketones is 1. The quantitative estimate of drug-likeness (QED) is 0.103. The molecular formula is C55H78IrNO2-. The van der Waals surface area contributed by atoms with E-state index < -0.39 is 0 Å². The van der Waals surface area contributed by atoms with Crippen molar-refractivity contribution in [2.24, 2.45) is 27.1 Å². The number of carbonyl (C=O) groups is 1. The van der Waals surface area contributed by atoms with E-state index in [4.69, 9.17) is 4.98 Å². The van der Waals surface area contributed by atoms with Gasteiger partial charge in [-0.2, -0.15) is 0 Å². The summed E-state index contributed by atoms with van der Waals surface area (Å²) >= 11 is 0. The number of hydrogen-bond donors (Lipinski definition) is 1. The summed E-state index contributed by atoms with van der Waals surface area (Å²) in [6, 6.07) is 22.0. The summed E-state index contributed by atoms with van der Waals surface area (Å²) in [6.07, 6.45) is 14.1. The van der Waals surface area contributed by atoms with Crippen LogP contribution in [-0.2, 0) is 30.3 Å². The fourth-order valence-electron chi connectivity index (χ4n) is 11.3. The molecule has 325 valence electrons. The second kappa shape index (κ2) is 18.3. The van der Waals surface area contributed by atoms with E-state index >= 15 is 0 Å². The maximum atomic E-state index is 12.2. The summed E-state index contributed by atoms with van der Waals surface area (Å²) in [5, 5.41) is 14.0. The first-order valence-electron chi connectivity index (χ1n) is 22.8. The fraction of sp³-hybridized carbons (Fsp3) is 0.600. The molecule has 1 radical (unpaired) electrons. The SMILES string of the molecule is CCC(C)(CC)C(=O)/C=C(\O)C(C)(CC)CC.Cc1cc(C)c2c(C3CCC4(CC3)CC(C)(C)CC(C)(C)C4)cc(-c3[c-]c4ccccc4c(C(C)(C)C)c3)nc2c1.[Ir]. The molecule has 6 rings (SSSR count). The number of rotatable bonds is 9. The van der Waals surface area contributed by atoms with E-state index in [1.807, 2.05) is 41.5 Å². The van der Waals surface area contributed by atoms with Gasteiger partial charge in [0.1, 0.15) is 5.76 Å². The number of aliphatic hydroxyl groups excluding tert-OH is 1. The number of aryl methyl sites for hydroxylation is 2. The third kappa shape index (κ3) is 10.8. The van der Waals surface area contributed by atoms with Gasteiger partial charge in [0.15, 0.2) is 5.78 Å². The van der Waals surface area contributed by atoms with Crippen molar-refractivity contribution < 1.29 is 30.0 Å². The van der Waals surface area contributed by atoms with Gasteiger partial charge in [0, 0.05) is 48.1 Å². The largest absolute Gasteiger partial charge is 0.512 e. The van der Waals surface area contributed by atoms with Crippen molar-refractivity contribution in [2.45, 2.75) is 186 Å². The zero-order valence-electron chi connectivity index (χ0n) is 39.7. The van der Waals surface area contributed by atoms with Crippen LogP contribution < -0.4 is 0 Å². The van der Waals surface area contributed by atoms with Crippen LogP contribution in [0.15, 0.2) is 60.4 Å². The number of benzene rings is 3. The Kier molecular flexibility index (Phi) is 15.1. The van der Waals surface area contributed by atoms with Crippen molar-refractivity contribution in [3.05, 3.63) is 88.7 Å². The Morgan fingerprint density at radius 2 is 1.37 bits per heavy atom. The zero-order valence-corrected chi connectivity index (χ0v) is 42.1. The molecule has 0 unspecified atom stereocenters. The topological polar surface area (TPSA) is 50.2 Å². The van der Waals surface area contributed by atoms with E-state index in [-0.39, 0.29) is 47.9 Å². The molecule has 3 nitrogen and oxygen atoms in total. The van der Waals surface area contributed by atoms with E-state index in [9.17, 15) is 9.90 Å². The van der Waals surface area contributed by atoms with Crippen molar-refractivity contribution >= 4 is 27.5 Å². The predicted molar refractivity (Wildman–Crippen MR) is 250 cm³/mol. The van der Waals surface area contributed by atoms with Crippen LogP contribution in [0.4, 0.5) is 0 Å². The van der Waals surface area contributed by atoms with Crippen molar-refractivity contribution in [1.82, 2.24) is 4.98 Å². The second-order valence-electron chi connectivity index (χ2n) is 22.0. The number of fused-ring (bicyclic) bond motifs is 2. The van der Waals surface area contributed by atoms with Crippen molar-refractivity contribution in [1.29, 1.82) is 0 Å².